The van der Waals surface area contributed by atoms with Crippen molar-refractivity contribution in [2.45, 2.75) is 20.0 Å². The van der Waals surface area contributed by atoms with E-state index in [-0.39, 0.29) is 11.7 Å². The lowest BCUT2D eigenvalue weighted by Crippen LogP contribution is -2.23. The van der Waals surface area contributed by atoms with Crippen LogP contribution in [0.4, 0.5) is 10.1 Å². The Bertz CT molecular complexity index is 894. The van der Waals surface area contributed by atoms with E-state index in [1.54, 1.807) is 24.4 Å². The minimum Gasteiger partial charge on any atom is -0.380 e. The Labute approximate surface area is 152 Å². The first-order valence-electron chi connectivity index (χ1n) is 8.37. The van der Waals surface area contributed by atoms with Gasteiger partial charge in [-0.3, -0.25) is 9.78 Å². The molecule has 3 rings (SSSR count). The Morgan fingerprint density at radius 2 is 1.81 bits per heavy atom. The van der Waals surface area contributed by atoms with Crippen LogP contribution in [0.15, 0.2) is 67.0 Å². The molecule has 0 spiro atoms. The first-order valence-corrected chi connectivity index (χ1v) is 8.37. The highest BCUT2D eigenvalue weighted by Crippen LogP contribution is 2.12. The van der Waals surface area contributed by atoms with Crippen molar-refractivity contribution in [3.05, 3.63) is 95.1 Å². The van der Waals surface area contributed by atoms with Crippen molar-refractivity contribution in [3.8, 4) is 0 Å². The molecule has 2 aromatic carbocycles. The van der Waals surface area contributed by atoms with Crippen LogP contribution in [0.1, 0.15) is 27.0 Å². The minimum absolute atomic E-state index is 0.176. The average molecular weight is 349 g/mol. The third-order valence-electron chi connectivity index (χ3n) is 3.95. The van der Waals surface area contributed by atoms with E-state index >= 15 is 0 Å². The molecule has 5 heteroatoms. The molecule has 0 saturated heterocycles. The number of hydrogen-bond donors (Lipinski definition) is 2. The highest BCUT2D eigenvalue weighted by atomic mass is 19.1. The van der Waals surface area contributed by atoms with Gasteiger partial charge in [-0.25, -0.2) is 4.39 Å². The number of rotatable bonds is 6. The van der Waals surface area contributed by atoms with Crippen LogP contribution in [0.2, 0.25) is 0 Å². The molecule has 26 heavy (non-hydrogen) atoms. The molecule has 1 aromatic heterocycles. The molecule has 1 amide bonds. The number of carbonyl (C=O) groups is 1. The summed E-state index contributed by atoms with van der Waals surface area (Å²) in [5.41, 5.74) is 4.38. The third-order valence-corrected chi connectivity index (χ3v) is 3.95. The van der Waals surface area contributed by atoms with Gasteiger partial charge < -0.3 is 10.6 Å². The Morgan fingerprint density at radius 1 is 1.00 bits per heavy atom. The third kappa shape index (κ3) is 4.89. The molecule has 0 unspecified atom stereocenters. The largest absolute Gasteiger partial charge is 0.380 e. The molecule has 3 aromatic rings. The van der Waals surface area contributed by atoms with Crippen LogP contribution in [0, 0.1) is 12.7 Å². The first-order chi connectivity index (χ1) is 12.6. The van der Waals surface area contributed by atoms with Crippen LogP contribution >= 0.6 is 0 Å². The van der Waals surface area contributed by atoms with Crippen molar-refractivity contribution in [3.63, 3.8) is 0 Å². The SMILES string of the molecule is Cc1cccc(CNC(=O)c2cncc(NCc3ccc(F)cc3)c2)c1. The lowest BCUT2D eigenvalue weighted by atomic mass is 10.1. The summed E-state index contributed by atoms with van der Waals surface area (Å²) in [6.07, 6.45) is 3.19. The van der Waals surface area contributed by atoms with Crippen LogP contribution < -0.4 is 10.6 Å². The second-order valence-electron chi connectivity index (χ2n) is 6.11. The lowest BCUT2D eigenvalue weighted by molar-refractivity contribution is 0.0950. The summed E-state index contributed by atoms with van der Waals surface area (Å²) in [6, 6.07) is 16.0. The van der Waals surface area contributed by atoms with E-state index in [9.17, 15) is 9.18 Å². The van der Waals surface area contributed by atoms with Crippen LogP contribution in [0.25, 0.3) is 0 Å². The van der Waals surface area contributed by atoms with Crippen LogP contribution in [-0.2, 0) is 13.1 Å². The van der Waals surface area contributed by atoms with Gasteiger partial charge in [-0.15, -0.1) is 0 Å². The summed E-state index contributed by atoms with van der Waals surface area (Å²) in [7, 11) is 0. The van der Waals surface area contributed by atoms with Gasteiger partial charge in [0.05, 0.1) is 11.3 Å². The quantitative estimate of drug-likeness (QED) is 0.705. The van der Waals surface area contributed by atoms with Crippen LogP contribution in [-0.4, -0.2) is 10.9 Å². The number of aryl methyl sites for hydroxylation is 1. The van der Waals surface area contributed by atoms with Crippen molar-refractivity contribution in [1.82, 2.24) is 10.3 Å². The maximum atomic E-state index is 12.9. The van der Waals surface area contributed by atoms with Crippen molar-refractivity contribution < 1.29 is 9.18 Å². The van der Waals surface area contributed by atoms with Crippen molar-refractivity contribution in [1.29, 1.82) is 0 Å². The molecule has 0 radical (unpaired) electrons. The molecule has 1 heterocycles. The standard InChI is InChI=1S/C21H20FN3O/c1-15-3-2-4-17(9-15)12-25-21(26)18-10-20(14-23-13-18)24-11-16-5-7-19(22)8-6-16/h2-10,13-14,24H,11-12H2,1H3,(H,25,26). The molecule has 0 aliphatic heterocycles. The Morgan fingerprint density at radius 3 is 2.58 bits per heavy atom. The molecule has 0 bridgehead atoms. The molecule has 4 nitrogen and oxygen atoms in total. The van der Waals surface area contributed by atoms with Gasteiger partial charge in [0.2, 0.25) is 0 Å². The first kappa shape index (κ1) is 17.6. The van der Waals surface area contributed by atoms with Crippen molar-refractivity contribution in [2.24, 2.45) is 0 Å². The van der Waals surface area contributed by atoms with Gasteiger partial charge in [0.25, 0.3) is 5.91 Å². The molecule has 2 N–H and O–H groups in total. The average Bonchev–Trinajstić information content (AvgIpc) is 2.66. The van der Waals surface area contributed by atoms with Gasteiger partial charge in [0.15, 0.2) is 0 Å². The predicted molar refractivity (Wildman–Crippen MR) is 100 cm³/mol. The van der Waals surface area contributed by atoms with Gasteiger partial charge in [0.1, 0.15) is 5.82 Å². The maximum Gasteiger partial charge on any atom is 0.253 e. The van der Waals surface area contributed by atoms with Gasteiger partial charge in [-0.05, 0) is 36.2 Å². The number of halogens is 1. The predicted octanol–water partition coefficient (Wildman–Crippen LogP) is 4.07. The van der Waals surface area contributed by atoms with E-state index in [1.807, 2.05) is 31.2 Å². The van der Waals surface area contributed by atoms with E-state index in [1.165, 1.54) is 18.3 Å². The minimum atomic E-state index is -0.261. The van der Waals surface area contributed by atoms with E-state index in [0.717, 1.165) is 22.4 Å². The molecule has 0 saturated carbocycles. The van der Waals surface area contributed by atoms with E-state index in [4.69, 9.17) is 0 Å². The number of hydrogen-bond acceptors (Lipinski definition) is 3. The molecule has 0 fully saturated rings. The number of anilines is 1. The zero-order chi connectivity index (χ0) is 18.4. The van der Waals surface area contributed by atoms with Gasteiger partial charge in [0, 0.05) is 25.5 Å². The maximum absolute atomic E-state index is 12.9. The summed E-state index contributed by atoms with van der Waals surface area (Å²) in [4.78, 5) is 16.5. The van der Waals surface area contributed by atoms with Crippen molar-refractivity contribution in [2.75, 3.05) is 5.32 Å². The number of nitrogens with one attached hydrogen (secondary N) is 2. The Balaban J connectivity index is 1.59. The van der Waals surface area contributed by atoms with Gasteiger partial charge >= 0.3 is 0 Å². The summed E-state index contributed by atoms with van der Waals surface area (Å²) in [5, 5.41) is 6.09. The Kier molecular flexibility index (Phi) is 5.59. The topological polar surface area (TPSA) is 54.0 Å². The number of amides is 1. The molecule has 132 valence electrons. The van der Waals surface area contributed by atoms with Crippen LogP contribution in [0.5, 0.6) is 0 Å². The zero-order valence-electron chi connectivity index (χ0n) is 14.5. The van der Waals surface area contributed by atoms with Gasteiger partial charge in [-0.2, -0.15) is 0 Å². The lowest BCUT2D eigenvalue weighted by Gasteiger charge is -2.09. The second kappa shape index (κ2) is 8.25. The van der Waals surface area contributed by atoms with Crippen molar-refractivity contribution >= 4 is 11.6 Å². The normalized spacial score (nSPS) is 10.4. The highest BCUT2D eigenvalue weighted by Gasteiger charge is 2.07. The number of carbonyl (C=O) groups excluding carboxylic acids is 1. The Hall–Kier alpha value is -3.21. The summed E-state index contributed by atoms with van der Waals surface area (Å²) >= 11 is 0. The number of nitrogens with zero attached hydrogens (tertiary/aromatic N) is 1. The number of benzene rings is 2. The fourth-order valence-electron chi connectivity index (χ4n) is 2.57. The van der Waals surface area contributed by atoms with Crippen LogP contribution in [0.3, 0.4) is 0 Å². The monoisotopic (exact) mass is 349 g/mol. The van der Waals surface area contributed by atoms with Gasteiger partial charge in [-0.1, -0.05) is 42.0 Å². The van der Waals surface area contributed by atoms with E-state index in [2.05, 4.69) is 15.6 Å². The fraction of sp³-hybridized carbons (Fsp3) is 0.143. The summed E-state index contributed by atoms with van der Waals surface area (Å²) in [6.45, 7) is 3.01. The summed E-state index contributed by atoms with van der Waals surface area (Å²) < 4.78 is 12.9. The fourth-order valence-corrected chi connectivity index (χ4v) is 2.57. The zero-order valence-corrected chi connectivity index (χ0v) is 14.5. The van der Waals surface area contributed by atoms with E-state index < -0.39 is 0 Å². The molecule has 0 aliphatic rings. The highest BCUT2D eigenvalue weighted by molar-refractivity contribution is 5.94. The smallest absolute Gasteiger partial charge is 0.253 e. The number of aromatic nitrogens is 1. The van der Waals surface area contributed by atoms with E-state index in [0.29, 0.717) is 18.7 Å². The molecule has 0 aliphatic carbocycles. The molecule has 0 atom stereocenters. The summed E-state index contributed by atoms with van der Waals surface area (Å²) in [5.74, 6) is -0.438. The molecular formula is C21H20FN3O. The molecular weight excluding hydrogens is 329 g/mol. The number of pyridine rings is 1. The second-order valence-corrected chi connectivity index (χ2v) is 6.11.